The van der Waals surface area contributed by atoms with Gasteiger partial charge in [0.15, 0.2) is 0 Å². The smallest absolute Gasteiger partial charge is 0.330 e. The van der Waals surface area contributed by atoms with Crippen LogP contribution in [0.25, 0.3) is 0 Å². The van der Waals surface area contributed by atoms with Gasteiger partial charge in [0.05, 0.1) is 4.90 Å². The highest BCUT2D eigenvalue weighted by atomic mass is 32.2. The van der Waals surface area contributed by atoms with Crippen molar-refractivity contribution >= 4 is 15.9 Å². The van der Waals surface area contributed by atoms with Gasteiger partial charge in [-0.1, -0.05) is 13.0 Å². The second kappa shape index (κ2) is 6.84. The van der Waals surface area contributed by atoms with Gasteiger partial charge in [0.2, 0.25) is 10.0 Å². The fourth-order valence-corrected chi connectivity index (χ4v) is 5.21. The Morgan fingerprint density at radius 3 is 2.58 bits per heavy atom. The minimum Gasteiger partial charge on any atom is -0.330 e. The Kier molecular flexibility index (Phi) is 5.04. The van der Waals surface area contributed by atoms with Gasteiger partial charge in [-0.2, -0.15) is 17.5 Å². The predicted octanol–water partition coefficient (Wildman–Crippen LogP) is 2.55. The molecule has 5 nitrogen and oxygen atoms in total. The molecule has 1 fully saturated rings. The van der Waals surface area contributed by atoms with Gasteiger partial charge >= 0.3 is 12.1 Å². The van der Waals surface area contributed by atoms with E-state index >= 15 is 0 Å². The molecule has 1 saturated heterocycles. The topological polar surface area (TPSA) is 57.7 Å². The van der Waals surface area contributed by atoms with Crippen LogP contribution in [0.1, 0.15) is 30.9 Å². The molecular formula is C17H21F3N2O3S. The number of carbonyl (C=O) groups is 1. The summed E-state index contributed by atoms with van der Waals surface area (Å²) >= 11 is 0. The lowest BCUT2D eigenvalue weighted by Gasteiger charge is -2.32. The van der Waals surface area contributed by atoms with E-state index in [1.54, 1.807) is 6.07 Å². The van der Waals surface area contributed by atoms with Crippen molar-refractivity contribution in [2.45, 2.75) is 43.8 Å². The first-order valence-electron chi connectivity index (χ1n) is 8.57. The van der Waals surface area contributed by atoms with Crippen LogP contribution in [0.4, 0.5) is 13.2 Å². The van der Waals surface area contributed by atoms with Gasteiger partial charge in [-0.3, -0.25) is 4.79 Å². The van der Waals surface area contributed by atoms with E-state index < -0.39 is 22.1 Å². The van der Waals surface area contributed by atoms with E-state index in [0.717, 1.165) is 23.3 Å². The monoisotopic (exact) mass is 390 g/mol. The van der Waals surface area contributed by atoms with Crippen LogP contribution in [-0.2, 0) is 27.8 Å². The van der Waals surface area contributed by atoms with Crippen LogP contribution in [0.3, 0.4) is 0 Å². The minimum absolute atomic E-state index is 0.0267. The molecular weight excluding hydrogens is 369 g/mol. The number of benzene rings is 1. The molecule has 2 aliphatic heterocycles. The molecule has 2 heterocycles. The maximum atomic E-state index is 12.9. The van der Waals surface area contributed by atoms with Crippen molar-refractivity contribution in [1.29, 1.82) is 0 Å². The van der Waals surface area contributed by atoms with Crippen molar-refractivity contribution in [2.24, 2.45) is 5.92 Å². The molecule has 1 aromatic carbocycles. The second-order valence-corrected chi connectivity index (χ2v) is 8.95. The largest absolute Gasteiger partial charge is 0.471 e. The third kappa shape index (κ3) is 3.73. The van der Waals surface area contributed by atoms with E-state index in [9.17, 15) is 26.4 Å². The van der Waals surface area contributed by atoms with Crippen LogP contribution in [0.2, 0.25) is 0 Å². The molecule has 0 aliphatic carbocycles. The summed E-state index contributed by atoms with van der Waals surface area (Å²) in [6.07, 6.45) is -2.88. The van der Waals surface area contributed by atoms with Gasteiger partial charge in [-0.15, -0.1) is 0 Å². The molecule has 2 aliphatic rings. The van der Waals surface area contributed by atoms with E-state index in [1.165, 1.54) is 16.4 Å². The Morgan fingerprint density at radius 1 is 1.19 bits per heavy atom. The zero-order valence-corrected chi connectivity index (χ0v) is 15.2. The highest BCUT2D eigenvalue weighted by Gasteiger charge is 2.43. The molecule has 0 saturated carbocycles. The normalized spacial score (nSPS) is 22.2. The van der Waals surface area contributed by atoms with E-state index in [0.29, 0.717) is 18.7 Å². The van der Waals surface area contributed by atoms with Crippen molar-refractivity contribution < 1.29 is 26.4 Å². The summed E-state index contributed by atoms with van der Waals surface area (Å²) in [5, 5.41) is 0. The number of halogens is 3. The molecule has 1 unspecified atom stereocenters. The van der Waals surface area contributed by atoms with Crippen molar-refractivity contribution in [3.63, 3.8) is 0 Å². The number of hydrogen-bond donors (Lipinski definition) is 0. The summed E-state index contributed by atoms with van der Waals surface area (Å²) in [6, 6.07) is 4.57. The first-order valence-corrected chi connectivity index (χ1v) is 10.0. The van der Waals surface area contributed by atoms with Gasteiger partial charge in [-0.25, -0.2) is 8.42 Å². The summed E-state index contributed by atoms with van der Waals surface area (Å²) in [4.78, 5) is 12.3. The molecule has 9 heteroatoms. The van der Waals surface area contributed by atoms with E-state index in [2.05, 4.69) is 0 Å². The van der Waals surface area contributed by atoms with Crippen LogP contribution >= 0.6 is 0 Å². The molecule has 144 valence electrons. The molecule has 1 atom stereocenters. The highest BCUT2D eigenvalue weighted by molar-refractivity contribution is 7.89. The fourth-order valence-electron chi connectivity index (χ4n) is 3.56. The van der Waals surface area contributed by atoms with E-state index in [1.807, 2.05) is 6.92 Å². The number of rotatable bonds is 2. The average Bonchev–Trinajstić information content (AvgIpc) is 2.59. The number of hydrogen-bond acceptors (Lipinski definition) is 3. The lowest BCUT2D eigenvalue weighted by molar-refractivity contribution is -0.186. The number of amides is 1. The molecule has 0 spiro atoms. The molecule has 0 aromatic heterocycles. The van der Waals surface area contributed by atoms with Crippen molar-refractivity contribution in [2.75, 3.05) is 19.6 Å². The number of piperidine rings is 1. The third-order valence-electron chi connectivity index (χ3n) is 4.98. The molecule has 0 N–H and O–H groups in total. The third-order valence-corrected chi connectivity index (χ3v) is 6.84. The lowest BCUT2D eigenvalue weighted by Crippen LogP contribution is -2.43. The van der Waals surface area contributed by atoms with Crippen LogP contribution in [-0.4, -0.2) is 49.3 Å². The van der Waals surface area contributed by atoms with Gasteiger partial charge in [0.25, 0.3) is 0 Å². The van der Waals surface area contributed by atoms with Crippen LogP contribution in [0.5, 0.6) is 0 Å². The quantitative estimate of drug-likeness (QED) is 0.780. The summed E-state index contributed by atoms with van der Waals surface area (Å²) < 4.78 is 65.1. The maximum Gasteiger partial charge on any atom is 0.471 e. The predicted molar refractivity (Wildman–Crippen MR) is 88.8 cm³/mol. The van der Waals surface area contributed by atoms with Crippen LogP contribution < -0.4 is 0 Å². The maximum absolute atomic E-state index is 12.9. The summed E-state index contributed by atoms with van der Waals surface area (Å²) in [5.41, 5.74) is 1.24. The lowest BCUT2D eigenvalue weighted by atomic mass is 10.00. The standard InChI is InChI=1S/C17H21F3N2O3S/c1-12-3-2-7-22(10-12)26(24,25)15-5-4-13-6-8-21(11-14(13)9-15)16(23)17(18,19)20/h4-5,9,12H,2-3,6-8,10-11H2,1H3. The average molecular weight is 390 g/mol. The Labute approximate surface area is 150 Å². The molecule has 3 rings (SSSR count). The molecule has 0 radical (unpaired) electrons. The molecule has 1 amide bonds. The molecule has 0 bridgehead atoms. The fraction of sp³-hybridized carbons (Fsp3) is 0.588. The van der Waals surface area contributed by atoms with Crippen LogP contribution in [0.15, 0.2) is 23.1 Å². The Balaban J connectivity index is 1.86. The number of nitrogens with zero attached hydrogens (tertiary/aromatic N) is 2. The van der Waals surface area contributed by atoms with Crippen LogP contribution in [0, 0.1) is 5.92 Å². The van der Waals surface area contributed by atoms with Gasteiger partial charge in [-0.05, 0) is 48.4 Å². The SMILES string of the molecule is CC1CCCN(S(=O)(=O)c2ccc3c(c2)CN(C(=O)C(F)(F)F)CC3)C1. The first-order chi connectivity index (χ1) is 12.1. The van der Waals surface area contributed by atoms with Crippen molar-refractivity contribution in [3.05, 3.63) is 29.3 Å². The van der Waals surface area contributed by atoms with Crippen molar-refractivity contribution in [3.8, 4) is 0 Å². The zero-order valence-electron chi connectivity index (χ0n) is 14.4. The van der Waals surface area contributed by atoms with E-state index in [4.69, 9.17) is 0 Å². The Morgan fingerprint density at radius 2 is 1.92 bits per heavy atom. The van der Waals surface area contributed by atoms with Gasteiger partial charge < -0.3 is 4.90 Å². The number of alkyl halides is 3. The zero-order chi connectivity index (χ0) is 19.1. The second-order valence-electron chi connectivity index (χ2n) is 7.02. The number of carbonyl (C=O) groups excluding carboxylic acids is 1. The van der Waals surface area contributed by atoms with E-state index in [-0.39, 0.29) is 30.3 Å². The highest BCUT2D eigenvalue weighted by Crippen LogP contribution is 2.29. The number of sulfonamides is 1. The van der Waals surface area contributed by atoms with Crippen molar-refractivity contribution in [1.82, 2.24) is 9.21 Å². The molecule has 1 aromatic rings. The number of fused-ring (bicyclic) bond motifs is 1. The van der Waals surface area contributed by atoms with Gasteiger partial charge in [0, 0.05) is 26.2 Å². The molecule has 26 heavy (non-hydrogen) atoms. The summed E-state index contributed by atoms with van der Waals surface area (Å²) in [5.74, 6) is -1.61. The minimum atomic E-state index is -4.93. The first kappa shape index (κ1) is 19.2. The van der Waals surface area contributed by atoms with Gasteiger partial charge in [0.1, 0.15) is 0 Å². The Hall–Kier alpha value is -1.61. The summed E-state index contributed by atoms with van der Waals surface area (Å²) in [6.45, 7) is 2.63. The summed E-state index contributed by atoms with van der Waals surface area (Å²) in [7, 11) is -3.69. The Bertz CT molecular complexity index is 808.